The van der Waals surface area contributed by atoms with Gasteiger partial charge in [0, 0.05) is 6.54 Å². The number of hydrogen-bond donors (Lipinski definition) is 1. The molecular formula is C8H17N2O. The van der Waals surface area contributed by atoms with Gasteiger partial charge in [-0.15, -0.1) is 0 Å². The second-order valence-corrected chi connectivity index (χ2v) is 2.50. The highest BCUT2D eigenvalue weighted by Gasteiger charge is 2.06. The van der Waals surface area contributed by atoms with Gasteiger partial charge in [0.25, 0.3) is 0 Å². The highest BCUT2D eigenvalue weighted by Crippen LogP contribution is 2.00. The minimum atomic E-state index is -0.347. The van der Waals surface area contributed by atoms with E-state index in [9.17, 15) is 4.79 Å². The molecule has 0 heterocycles. The zero-order chi connectivity index (χ0) is 8.69. The van der Waals surface area contributed by atoms with Gasteiger partial charge in [-0.25, -0.2) is 4.79 Å². The van der Waals surface area contributed by atoms with Crippen LogP contribution in [0.25, 0.3) is 0 Å². The van der Waals surface area contributed by atoms with Crippen LogP contribution in [0, 0.1) is 6.54 Å². The predicted molar refractivity (Wildman–Crippen MR) is 45.8 cm³/mol. The van der Waals surface area contributed by atoms with Gasteiger partial charge < -0.3 is 10.6 Å². The van der Waals surface area contributed by atoms with E-state index in [0.717, 1.165) is 25.8 Å². The van der Waals surface area contributed by atoms with Crippen LogP contribution in [-0.2, 0) is 0 Å². The third-order valence-corrected chi connectivity index (χ3v) is 1.39. The van der Waals surface area contributed by atoms with Crippen molar-refractivity contribution in [1.82, 2.24) is 4.90 Å². The summed E-state index contributed by atoms with van der Waals surface area (Å²) in [6.45, 7) is 6.69. The first kappa shape index (κ1) is 10.3. The molecule has 0 saturated carbocycles. The van der Waals surface area contributed by atoms with Crippen LogP contribution < -0.4 is 5.73 Å². The Labute approximate surface area is 68.6 Å². The van der Waals surface area contributed by atoms with Crippen molar-refractivity contribution in [2.24, 2.45) is 5.73 Å². The lowest BCUT2D eigenvalue weighted by atomic mass is 10.3. The van der Waals surface area contributed by atoms with Crippen molar-refractivity contribution in [3.8, 4) is 0 Å². The zero-order valence-electron chi connectivity index (χ0n) is 7.34. The van der Waals surface area contributed by atoms with E-state index < -0.39 is 0 Å². The maximum atomic E-state index is 10.7. The van der Waals surface area contributed by atoms with Gasteiger partial charge in [-0.2, -0.15) is 0 Å². The Hall–Kier alpha value is -0.730. The molecule has 0 aromatic heterocycles. The van der Waals surface area contributed by atoms with Gasteiger partial charge >= 0.3 is 6.03 Å². The van der Waals surface area contributed by atoms with Crippen molar-refractivity contribution in [3.63, 3.8) is 0 Å². The first-order chi connectivity index (χ1) is 5.22. The quantitative estimate of drug-likeness (QED) is 0.649. The molecule has 65 valence electrons. The topological polar surface area (TPSA) is 46.3 Å². The van der Waals surface area contributed by atoms with Gasteiger partial charge in [-0.05, 0) is 12.8 Å². The van der Waals surface area contributed by atoms with Gasteiger partial charge in [0.15, 0.2) is 0 Å². The van der Waals surface area contributed by atoms with E-state index in [4.69, 9.17) is 5.73 Å². The van der Waals surface area contributed by atoms with Crippen LogP contribution in [-0.4, -0.2) is 17.5 Å². The average Bonchev–Trinajstić information content (AvgIpc) is 1.97. The fraction of sp³-hybridized carbons (Fsp3) is 0.750. The Balaban J connectivity index is 3.60. The second-order valence-electron chi connectivity index (χ2n) is 2.50. The number of primary amides is 1. The Morgan fingerprint density at radius 2 is 2.09 bits per heavy atom. The van der Waals surface area contributed by atoms with Gasteiger partial charge in [0.05, 0.1) is 6.54 Å². The molecule has 0 saturated heterocycles. The molecule has 11 heavy (non-hydrogen) atoms. The number of carbonyl (C=O) groups is 1. The third-order valence-electron chi connectivity index (χ3n) is 1.39. The van der Waals surface area contributed by atoms with E-state index in [-0.39, 0.29) is 6.03 Å². The molecule has 1 radical (unpaired) electrons. The summed E-state index contributed by atoms with van der Waals surface area (Å²) in [5.41, 5.74) is 5.12. The summed E-state index contributed by atoms with van der Waals surface area (Å²) in [6, 6.07) is -0.347. The second kappa shape index (κ2) is 6.01. The molecule has 0 atom stereocenters. The summed E-state index contributed by atoms with van der Waals surface area (Å²) < 4.78 is 0. The van der Waals surface area contributed by atoms with Gasteiger partial charge in [0.2, 0.25) is 0 Å². The standard InChI is InChI=1S/C8H17N2O/c1-3-5-7-10(6-4-2)8(9)11/h7H,3-6H2,1-2H3,(H2,9,11). The molecule has 3 nitrogen and oxygen atoms in total. The summed E-state index contributed by atoms with van der Waals surface area (Å²) in [7, 11) is 0. The van der Waals surface area contributed by atoms with Crippen molar-refractivity contribution in [3.05, 3.63) is 6.54 Å². The Morgan fingerprint density at radius 1 is 1.45 bits per heavy atom. The molecule has 0 aliphatic heterocycles. The molecule has 0 fully saturated rings. The van der Waals surface area contributed by atoms with Gasteiger partial charge in [-0.3, -0.25) is 0 Å². The van der Waals surface area contributed by atoms with Gasteiger partial charge in [0.1, 0.15) is 0 Å². The van der Waals surface area contributed by atoms with Crippen LogP contribution in [0.4, 0.5) is 4.79 Å². The number of nitrogens with two attached hydrogens (primary N) is 1. The Kier molecular flexibility index (Phi) is 5.61. The van der Waals surface area contributed by atoms with Crippen LogP contribution in [0.3, 0.4) is 0 Å². The smallest absolute Gasteiger partial charge is 0.315 e. The maximum Gasteiger partial charge on any atom is 0.315 e. The number of hydrogen-bond acceptors (Lipinski definition) is 1. The minimum Gasteiger partial charge on any atom is -0.351 e. The average molecular weight is 157 g/mol. The molecule has 0 aromatic carbocycles. The highest BCUT2D eigenvalue weighted by atomic mass is 16.2. The first-order valence-electron chi connectivity index (χ1n) is 4.11. The molecular weight excluding hydrogens is 140 g/mol. The fourth-order valence-electron chi connectivity index (χ4n) is 0.817. The molecule has 0 unspecified atom stereocenters. The van der Waals surface area contributed by atoms with Gasteiger partial charge in [-0.1, -0.05) is 20.3 Å². The van der Waals surface area contributed by atoms with Crippen molar-refractivity contribution in [2.45, 2.75) is 33.1 Å². The van der Waals surface area contributed by atoms with Crippen LogP contribution >= 0.6 is 0 Å². The molecule has 3 heteroatoms. The van der Waals surface area contributed by atoms with Crippen molar-refractivity contribution in [2.75, 3.05) is 6.54 Å². The summed E-state index contributed by atoms with van der Waals surface area (Å²) in [6.07, 6.45) is 2.92. The van der Waals surface area contributed by atoms with Crippen molar-refractivity contribution < 1.29 is 4.79 Å². The first-order valence-corrected chi connectivity index (χ1v) is 4.11. The molecule has 0 spiro atoms. The largest absolute Gasteiger partial charge is 0.351 e. The molecule has 2 amide bonds. The summed E-state index contributed by atoms with van der Waals surface area (Å²) in [5, 5.41) is 0. The van der Waals surface area contributed by atoms with E-state index in [1.165, 1.54) is 0 Å². The monoisotopic (exact) mass is 157 g/mol. The number of carbonyl (C=O) groups excluding carboxylic acids is 1. The summed E-state index contributed by atoms with van der Waals surface area (Å²) >= 11 is 0. The minimum absolute atomic E-state index is 0.347. The number of rotatable bonds is 5. The Morgan fingerprint density at radius 3 is 2.45 bits per heavy atom. The van der Waals surface area contributed by atoms with Crippen LogP contribution in [0.1, 0.15) is 33.1 Å². The zero-order valence-corrected chi connectivity index (χ0v) is 7.34. The van der Waals surface area contributed by atoms with Crippen molar-refractivity contribution in [1.29, 1.82) is 0 Å². The lowest BCUT2D eigenvalue weighted by Gasteiger charge is -2.17. The Bertz CT molecular complexity index is 115. The number of unbranched alkanes of at least 4 members (excludes halogenated alkanes) is 1. The van der Waals surface area contributed by atoms with Crippen LogP contribution in [0.2, 0.25) is 0 Å². The lowest BCUT2D eigenvalue weighted by molar-refractivity contribution is 0.217. The molecule has 0 rings (SSSR count). The van der Waals surface area contributed by atoms with Crippen LogP contribution in [0.15, 0.2) is 0 Å². The molecule has 0 aromatic rings. The van der Waals surface area contributed by atoms with Crippen molar-refractivity contribution >= 4 is 6.03 Å². The summed E-state index contributed by atoms with van der Waals surface area (Å²) in [5.74, 6) is 0. The number of nitrogens with zero attached hydrogens (tertiary/aromatic N) is 1. The fourth-order valence-corrected chi connectivity index (χ4v) is 0.817. The number of amides is 2. The van der Waals surface area contributed by atoms with E-state index in [1.807, 2.05) is 13.5 Å². The van der Waals surface area contributed by atoms with E-state index in [2.05, 4.69) is 6.92 Å². The highest BCUT2D eigenvalue weighted by molar-refractivity contribution is 5.72. The predicted octanol–water partition coefficient (Wildman–Crippen LogP) is 1.74. The van der Waals surface area contributed by atoms with E-state index in [0.29, 0.717) is 0 Å². The molecule has 0 aliphatic rings. The van der Waals surface area contributed by atoms with E-state index in [1.54, 1.807) is 4.90 Å². The molecule has 0 aliphatic carbocycles. The summed E-state index contributed by atoms with van der Waals surface area (Å²) in [4.78, 5) is 12.3. The molecule has 0 bridgehead atoms. The van der Waals surface area contributed by atoms with E-state index >= 15 is 0 Å². The maximum absolute atomic E-state index is 10.7. The third kappa shape index (κ3) is 4.65. The number of urea groups is 1. The normalized spacial score (nSPS) is 9.64. The molecule has 2 N–H and O–H groups in total. The van der Waals surface area contributed by atoms with Crippen LogP contribution in [0.5, 0.6) is 0 Å². The SMILES string of the molecule is CCC[CH]N(CCC)C(N)=O. The lowest BCUT2D eigenvalue weighted by Crippen LogP contribution is -2.34.